The Labute approximate surface area is 184 Å². The molecule has 1 heterocycles. The average Bonchev–Trinajstić information content (AvgIpc) is 2.77. The highest BCUT2D eigenvalue weighted by Crippen LogP contribution is 2.42. The summed E-state index contributed by atoms with van der Waals surface area (Å²) in [6.45, 7) is 1.96. The van der Waals surface area contributed by atoms with E-state index in [2.05, 4.69) is 11.9 Å². The number of aliphatic imine (C=N–C) groups is 1. The smallest absolute Gasteiger partial charge is 0.214 e. The minimum absolute atomic E-state index is 0.0953. The summed E-state index contributed by atoms with van der Waals surface area (Å²) in [6, 6.07) is 5.22. The van der Waals surface area contributed by atoms with Crippen molar-refractivity contribution in [1.82, 2.24) is 0 Å². The number of rotatable bonds is 8. The number of methoxy groups -OCH3 is 2. The largest absolute Gasteiger partial charge is 0.494 e. The summed E-state index contributed by atoms with van der Waals surface area (Å²) < 4.78 is 37.8. The van der Waals surface area contributed by atoms with Crippen LogP contribution < -0.4 is 14.4 Å². The molecule has 2 aliphatic rings. The maximum absolute atomic E-state index is 13.4. The van der Waals surface area contributed by atoms with Gasteiger partial charge in [-0.2, -0.15) is 0 Å². The van der Waals surface area contributed by atoms with Gasteiger partial charge < -0.3 is 19.7 Å². The van der Waals surface area contributed by atoms with Crippen LogP contribution in [0.2, 0.25) is 0 Å². The molecule has 172 valence electrons. The molecule has 3 rings (SSSR count). The highest BCUT2D eigenvalue weighted by Gasteiger charge is 2.39. The normalized spacial score (nSPS) is 22.3. The summed E-state index contributed by atoms with van der Waals surface area (Å²) in [7, 11) is -0.772. The van der Waals surface area contributed by atoms with Crippen LogP contribution in [-0.2, 0) is 9.84 Å². The fraction of sp³-hybridized carbons (Fsp3) is 0.591. The van der Waals surface area contributed by atoms with E-state index in [0.29, 0.717) is 55.1 Å². The van der Waals surface area contributed by atoms with E-state index in [-0.39, 0.29) is 17.3 Å². The molecule has 1 aliphatic carbocycles. The van der Waals surface area contributed by atoms with Gasteiger partial charge in [-0.15, -0.1) is 0 Å². The van der Waals surface area contributed by atoms with Gasteiger partial charge in [-0.3, -0.25) is 9.89 Å². The maximum atomic E-state index is 13.4. The lowest BCUT2D eigenvalue weighted by Gasteiger charge is -2.33. The van der Waals surface area contributed by atoms with Gasteiger partial charge >= 0.3 is 0 Å². The summed E-state index contributed by atoms with van der Waals surface area (Å²) in [5, 5.41) is 20.4. The van der Waals surface area contributed by atoms with Gasteiger partial charge in [-0.25, -0.2) is 8.42 Å². The van der Waals surface area contributed by atoms with Gasteiger partial charge in [-0.05, 0) is 44.2 Å². The Morgan fingerprint density at radius 1 is 1.13 bits per heavy atom. The summed E-state index contributed by atoms with van der Waals surface area (Å²) >= 11 is 0. The molecule has 0 saturated heterocycles. The van der Waals surface area contributed by atoms with Crippen LogP contribution in [-0.4, -0.2) is 56.6 Å². The molecule has 2 N–H and O–H groups in total. The van der Waals surface area contributed by atoms with Gasteiger partial charge in [0.05, 0.1) is 32.1 Å². The SMILES string of the molecule is CCCCC1=NCC(S(=O)(=O)C2CCC(O)CC2)=C(O)N1c1c(OC)cccc1OC. The van der Waals surface area contributed by atoms with Gasteiger partial charge in [0.1, 0.15) is 27.9 Å². The second-order valence-corrected chi connectivity index (χ2v) is 10.2. The van der Waals surface area contributed by atoms with Crippen LogP contribution in [0.25, 0.3) is 0 Å². The molecule has 8 nitrogen and oxygen atoms in total. The lowest BCUT2D eigenvalue weighted by Crippen LogP contribution is -2.39. The molecule has 1 aromatic carbocycles. The molecule has 0 amide bonds. The van der Waals surface area contributed by atoms with E-state index < -0.39 is 21.2 Å². The summed E-state index contributed by atoms with van der Waals surface area (Å²) in [5.74, 6) is 1.10. The number of hydrogen-bond donors (Lipinski definition) is 2. The molecule has 31 heavy (non-hydrogen) atoms. The van der Waals surface area contributed by atoms with Crippen molar-refractivity contribution in [1.29, 1.82) is 0 Å². The van der Waals surface area contributed by atoms with Crippen LogP contribution in [0, 0.1) is 0 Å². The van der Waals surface area contributed by atoms with Gasteiger partial charge in [-0.1, -0.05) is 19.4 Å². The Kier molecular flexibility index (Phi) is 7.48. The molecular weight excluding hydrogens is 420 g/mol. The van der Waals surface area contributed by atoms with Crippen molar-refractivity contribution in [2.24, 2.45) is 4.99 Å². The number of aliphatic hydroxyl groups is 2. The van der Waals surface area contributed by atoms with Crippen molar-refractivity contribution in [3.05, 3.63) is 29.0 Å². The number of anilines is 1. The van der Waals surface area contributed by atoms with E-state index in [1.807, 2.05) is 0 Å². The van der Waals surface area contributed by atoms with E-state index in [0.717, 1.165) is 12.8 Å². The van der Waals surface area contributed by atoms with E-state index in [1.54, 1.807) is 18.2 Å². The number of para-hydroxylation sites is 1. The van der Waals surface area contributed by atoms with Crippen molar-refractivity contribution in [3.8, 4) is 11.5 Å². The van der Waals surface area contributed by atoms with Crippen LogP contribution in [0.1, 0.15) is 51.9 Å². The zero-order chi connectivity index (χ0) is 22.6. The van der Waals surface area contributed by atoms with Gasteiger partial charge in [0.2, 0.25) is 5.88 Å². The monoisotopic (exact) mass is 452 g/mol. The first kappa shape index (κ1) is 23.4. The first-order chi connectivity index (χ1) is 14.8. The number of aliphatic hydroxyl groups excluding tert-OH is 2. The molecule has 1 aliphatic heterocycles. The summed E-state index contributed by atoms with van der Waals surface area (Å²) in [4.78, 5) is 5.93. The Balaban J connectivity index is 2.10. The highest BCUT2D eigenvalue weighted by atomic mass is 32.2. The number of benzene rings is 1. The zero-order valence-corrected chi connectivity index (χ0v) is 19.2. The Hall–Kier alpha value is -2.26. The molecule has 9 heteroatoms. The number of nitrogens with zero attached hydrogens (tertiary/aromatic N) is 2. The van der Waals surface area contributed by atoms with Gasteiger partial charge in [0.25, 0.3) is 0 Å². The van der Waals surface area contributed by atoms with E-state index >= 15 is 0 Å². The number of hydrogen-bond acceptors (Lipinski definition) is 8. The quantitative estimate of drug-likeness (QED) is 0.621. The van der Waals surface area contributed by atoms with Crippen LogP contribution in [0.4, 0.5) is 5.69 Å². The second kappa shape index (κ2) is 9.91. The number of unbranched alkanes of at least 4 members (excludes halogenated alkanes) is 1. The third kappa shape index (κ3) is 4.67. The Morgan fingerprint density at radius 2 is 1.74 bits per heavy atom. The van der Waals surface area contributed by atoms with Gasteiger partial charge in [0.15, 0.2) is 9.84 Å². The van der Waals surface area contributed by atoms with Crippen molar-refractivity contribution in [2.45, 2.75) is 63.2 Å². The predicted molar refractivity (Wildman–Crippen MR) is 121 cm³/mol. The fourth-order valence-electron chi connectivity index (χ4n) is 4.14. The molecule has 0 aromatic heterocycles. The van der Waals surface area contributed by atoms with Crippen molar-refractivity contribution < 1.29 is 28.1 Å². The summed E-state index contributed by atoms with van der Waals surface area (Å²) in [6.07, 6.45) is 3.48. The molecule has 0 atom stereocenters. The summed E-state index contributed by atoms with van der Waals surface area (Å²) in [5.41, 5.74) is 0.423. The van der Waals surface area contributed by atoms with Crippen molar-refractivity contribution in [2.75, 3.05) is 25.7 Å². The number of sulfone groups is 1. The number of ether oxygens (including phenoxy) is 2. The molecule has 0 spiro atoms. The first-order valence-corrected chi connectivity index (χ1v) is 12.3. The van der Waals surface area contributed by atoms with Crippen LogP contribution in [0.3, 0.4) is 0 Å². The van der Waals surface area contributed by atoms with Gasteiger partial charge in [0, 0.05) is 6.42 Å². The standard InChI is InChI=1S/C22H32N2O6S/c1-4-5-9-20-23-14-19(31(27,28)16-12-10-15(25)11-13-16)22(26)24(20)21-17(29-2)7-6-8-18(21)30-3/h6-8,15-16,25-26H,4-5,9-14H2,1-3H3. The predicted octanol–water partition coefficient (Wildman–Crippen LogP) is 3.56. The molecule has 0 bridgehead atoms. The fourth-order valence-corrected chi connectivity index (χ4v) is 6.02. The number of amidine groups is 1. The lowest BCUT2D eigenvalue weighted by molar-refractivity contribution is 0.131. The average molecular weight is 453 g/mol. The van der Waals surface area contributed by atoms with Crippen LogP contribution in [0.15, 0.2) is 34.0 Å². The van der Waals surface area contributed by atoms with Crippen LogP contribution in [0.5, 0.6) is 11.5 Å². The third-order valence-electron chi connectivity index (χ3n) is 5.93. The molecular formula is C22H32N2O6S. The van der Waals surface area contributed by atoms with Crippen molar-refractivity contribution >= 4 is 21.4 Å². The Morgan fingerprint density at radius 3 is 2.29 bits per heavy atom. The third-order valence-corrected chi connectivity index (χ3v) is 8.28. The maximum Gasteiger partial charge on any atom is 0.214 e. The van der Waals surface area contributed by atoms with E-state index in [1.165, 1.54) is 19.1 Å². The topological polar surface area (TPSA) is 109 Å². The van der Waals surface area contributed by atoms with Crippen molar-refractivity contribution in [3.63, 3.8) is 0 Å². The second-order valence-electron chi connectivity index (χ2n) is 7.90. The molecule has 1 aromatic rings. The van der Waals surface area contributed by atoms with Crippen LogP contribution >= 0.6 is 0 Å². The molecule has 1 saturated carbocycles. The minimum atomic E-state index is -3.79. The lowest BCUT2D eigenvalue weighted by atomic mass is 9.97. The van der Waals surface area contributed by atoms with E-state index in [9.17, 15) is 18.6 Å². The molecule has 0 radical (unpaired) electrons. The molecule has 0 unspecified atom stereocenters. The molecule has 1 fully saturated rings. The Bertz CT molecular complexity index is 926. The first-order valence-electron chi connectivity index (χ1n) is 10.7. The minimum Gasteiger partial charge on any atom is -0.494 e. The zero-order valence-electron chi connectivity index (χ0n) is 18.4. The van der Waals surface area contributed by atoms with E-state index in [4.69, 9.17) is 9.47 Å². The highest BCUT2D eigenvalue weighted by molar-refractivity contribution is 7.95.